The van der Waals surface area contributed by atoms with Crippen LogP contribution >= 0.6 is 0 Å². The molecule has 3 aromatic rings. The Hall–Kier alpha value is -4.47. The lowest BCUT2D eigenvalue weighted by atomic mass is 9.84. The molecular weight excluding hydrogens is 612 g/mol. The number of benzene rings is 1. The first-order valence-corrected chi connectivity index (χ1v) is 13.9. The maximum absolute atomic E-state index is 14.9. The van der Waals surface area contributed by atoms with Gasteiger partial charge >= 0.3 is 18.4 Å². The first-order chi connectivity index (χ1) is 21.3. The number of hydrogen-bond acceptors (Lipinski definition) is 7. The molecule has 1 fully saturated rings. The molecule has 45 heavy (non-hydrogen) atoms. The van der Waals surface area contributed by atoms with E-state index in [1.54, 1.807) is 35.6 Å². The summed E-state index contributed by atoms with van der Waals surface area (Å²) < 4.78 is 98.4. The number of ether oxygens (including phenoxy) is 1. The number of anilines is 1. The predicted octanol–water partition coefficient (Wildman–Crippen LogP) is 6.69. The van der Waals surface area contributed by atoms with Gasteiger partial charge in [0.15, 0.2) is 5.69 Å². The Morgan fingerprint density at radius 2 is 1.82 bits per heavy atom. The molecule has 1 atom stereocenters. The van der Waals surface area contributed by atoms with Crippen molar-refractivity contribution >= 4 is 17.7 Å². The number of halogens is 6. The normalized spacial score (nSPS) is 19.5. The van der Waals surface area contributed by atoms with Gasteiger partial charge in [-0.05, 0) is 30.9 Å². The second-order valence-electron chi connectivity index (χ2n) is 10.7. The topological polar surface area (TPSA) is 131 Å². The molecule has 16 heteroatoms. The fraction of sp³-hybridized carbons (Fsp3) is 0.414. The van der Waals surface area contributed by atoms with Gasteiger partial charge in [-0.3, -0.25) is 10.1 Å². The van der Waals surface area contributed by atoms with Crippen molar-refractivity contribution in [1.29, 1.82) is 0 Å². The Bertz CT molecular complexity index is 1570. The average molecular weight is 640 g/mol. The van der Waals surface area contributed by atoms with Crippen molar-refractivity contribution in [2.24, 2.45) is 5.92 Å². The van der Waals surface area contributed by atoms with Crippen LogP contribution in [0.15, 0.2) is 53.0 Å². The van der Waals surface area contributed by atoms with E-state index in [1.807, 2.05) is 0 Å². The van der Waals surface area contributed by atoms with Gasteiger partial charge in [0.2, 0.25) is 11.5 Å². The average Bonchev–Trinajstić information content (AvgIpc) is 3.42. The largest absolute Gasteiger partial charge is 0.465 e. The standard InChI is InChI=1S/C29H27F6N5O5/c30-28(31,32)19-14-20(37-26(42)43)22-23-38-39-25(45-23)27(29(33,34)35,44-16-17-8-3-1-4-9-17)12-5-2-6-13-40(15-21(19)36-22)24(41)18-10-7-11-18/h1-5,8-9,14,18,37H,6-7,10-13,15-16H2,(H,42,43). The zero-order valence-corrected chi connectivity index (χ0v) is 23.5. The molecule has 1 aliphatic carbocycles. The zero-order chi connectivity index (χ0) is 32.4. The molecule has 2 aliphatic rings. The van der Waals surface area contributed by atoms with E-state index in [1.165, 1.54) is 17.1 Å². The van der Waals surface area contributed by atoms with E-state index in [0.29, 0.717) is 24.5 Å². The van der Waals surface area contributed by atoms with E-state index >= 15 is 0 Å². The van der Waals surface area contributed by atoms with Crippen molar-refractivity contribution in [3.05, 3.63) is 71.3 Å². The number of carbonyl (C=O) groups excluding carboxylic acids is 1. The molecular formula is C29H27F6N5O5. The zero-order valence-electron chi connectivity index (χ0n) is 23.5. The number of nitrogens with zero attached hydrogens (tertiary/aromatic N) is 4. The maximum atomic E-state index is 14.9. The molecule has 0 saturated heterocycles. The number of pyridine rings is 1. The van der Waals surface area contributed by atoms with Gasteiger partial charge < -0.3 is 19.2 Å². The van der Waals surface area contributed by atoms with Crippen molar-refractivity contribution in [2.75, 3.05) is 11.9 Å². The fourth-order valence-corrected chi connectivity index (χ4v) is 5.04. The number of alkyl halides is 6. The molecule has 3 heterocycles. The van der Waals surface area contributed by atoms with Crippen LogP contribution in [0.1, 0.15) is 54.8 Å². The first kappa shape index (κ1) is 31.9. The second kappa shape index (κ2) is 12.5. The molecule has 4 bridgehead atoms. The van der Waals surface area contributed by atoms with E-state index < -0.39 is 89.9 Å². The molecule has 240 valence electrons. The number of fused-ring (bicyclic) bond motifs is 5. The van der Waals surface area contributed by atoms with Crippen LogP contribution in [0.5, 0.6) is 0 Å². The van der Waals surface area contributed by atoms with E-state index in [-0.39, 0.29) is 13.0 Å². The Labute approximate surface area is 252 Å². The minimum absolute atomic E-state index is 0.00697. The number of rotatable bonds is 5. The summed E-state index contributed by atoms with van der Waals surface area (Å²) in [6.45, 7) is -1.24. The Balaban J connectivity index is 1.68. The van der Waals surface area contributed by atoms with Crippen molar-refractivity contribution < 1.29 is 50.2 Å². The summed E-state index contributed by atoms with van der Waals surface area (Å²) in [5, 5.41) is 18.3. The fourth-order valence-electron chi connectivity index (χ4n) is 5.04. The molecule has 1 aliphatic heterocycles. The SMILES string of the molecule is O=C(O)Nc1cc(C(F)(F)F)c2nc1-c1nnc(o1)C(OCc1ccccc1)(C(F)(F)F)CC=CCCN(C(=O)C1CCC1)C2. The van der Waals surface area contributed by atoms with E-state index in [4.69, 9.17) is 9.15 Å². The summed E-state index contributed by atoms with van der Waals surface area (Å²) in [5.74, 6) is -2.67. The smallest absolute Gasteiger partial charge is 0.426 e. The van der Waals surface area contributed by atoms with Gasteiger partial charge in [0.1, 0.15) is 0 Å². The number of carboxylic acid groups (broad SMARTS) is 1. The molecule has 5 rings (SSSR count). The van der Waals surface area contributed by atoms with Crippen LogP contribution in [-0.2, 0) is 34.5 Å². The second-order valence-corrected chi connectivity index (χ2v) is 10.7. The van der Waals surface area contributed by atoms with E-state index in [0.717, 1.165) is 6.42 Å². The highest BCUT2D eigenvalue weighted by Crippen LogP contribution is 2.47. The van der Waals surface area contributed by atoms with Gasteiger partial charge in [0, 0.05) is 18.9 Å². The summed E-state index contributed by atoms with van der Waals surface area (Å²) in [5.41, 5.74) is -6.24. The van der Waals surface area contributed by atoms with Crippen molar-refractivity contribution in [1.82, 2.24) is 20.1 Å². The number of amides is 2. The molecule has 2 aromatic heterocycles. The minimum Gasteiger partial charge on any atom is -0.465 e. The van der Waals surface area contributed by atoms with Crippen LogP contribution in [0, 0.1) is 5.92 Å². The first-order valence-electron chi connectivity index (χ1n) is 13.9. The third kappa shape index (κ3) is 6.79. The highest BCUT2D eigenvalue weighted by atomic mass is 19.4. The highest BCUT2D eigenvalue weighted by Gasteiger charge is 2.61. The summed E-state index contributed by atoms with van der Waals surface area (Å²) >= 11 is 0. The molecule has 0 radical (unpaired) electrons. The van der Waals surface area contributed by atoms with Gasteiger partial charge in [-0.25, -0.2) is 9.78 Å². The molecule has 1 saturated carbocycles. The van der Waals surface area contributed by atoms with Crippen LogP contribution < -0.4 is 5.32 Å². The molecule has 1 aromatic carbocycles. The van der Waals surface area contributed by atoms with Crippen LogP contribution in [-0.4, -0.2) is 49.9 Å². The molecule has 10 nitrogen and oxygen atoms in total. The van der Waals surface area contributed by atoms with Crippen LogP contribution in [0.3, 0.4) is 0 Å². The Morgan fingerprint density at radius 3 is 2.44 bits per heavy atom. The van der Waals surface area contributed by atoms with E-state index in [2.05, 4.69) is 15.2 Å². The van der Waals surface area contributed by atoms with Gasteiger partial charge in [-0.2, -0.15) is 26.3 Å². The van der Waals surface area contributed by atoms with Crippen molar-refractivity contribution in [3.63, 3.8) is 0 Å². The quantitative estimate of drug-likeness (QED) is 0.233. The summed E-state index contributed by atoms with van der Waals surface area (Å²) in [4.78, 5) is 29.9. The van der Waals surface area contributed by atoms with Crippen LogP contribution in [0.2, 0.25) is 0 Å². The van der Waals surface area contributed by atoms with Gasteiger partial charge in [0.25, 0.3) is 11.8 Å². The van der Waals surface area contributed by atoms with Gasteiger partial charge in [0.05, 0.1) is 30.1 Å². The number of carbonyl (C=O) groups is 2. The lowest BCUT2D eigenvalue weighted by molar-refractivity contribution is -0.295. The predicted molar refractivity (Wildman–Crippen MR) is 144 cm³/mol. The molecule has 1 unspecified atom stereocenters. The number of nitrogens with one attached hydrogen (secondary N) is 1. The Kier molecular flexibility index (Phi) is 8.87. The number of hydrogen-bond donors (Lipinski definition) is 2. The van der Waals surface area contributed by atoms with Crippen molar-refractivity contribution in [3.8, 4) is 11.6 Å². The lowest BCUT2D eigenvalue weighted by Gasteiger charge is -2.32. The van der Waals surface area contributed by atoms with Crippen LogP contribution in [0.4, 0.5) is 36.8 Å². The Morgan fingerprint density at radius 1 is 1.09 bits per heavy atom. The van der Waals surface area contributed by atoms with Gasteiger partial charge in [-0.1, -0.05) is 48.9 Å². The highest BCUT2D eigenvalue weighted by molar-refractivity contribution is 5.88. The summed E-state index contributed by atoms with van der Waals surface area (Å²) in [6, 6.07) is 8.43. The third-order valence-corrected chi connectivity index (χ3v) is 7.65. The van der Waals surface area contributed by atoms with Crippen molar-refractivity contribution in [2.45, 2.75) is 63.2 Å². The number of aromatic nitrogens is 3. The monoisotopic (exact) mass is 639 g/mol. The lowest BCUT2D eigenvalue weighted by Crippen LogP contribution is -2.45. The summed E-state index contributed by atoms with van der Waals surface area (Å²) in [7, 11) is 0. The maximum Gasteiger partial charge on any atom is 0.426 e. The van der Waals surface area contributed by atoms with Gasteiger partial charge in [-0.15, -0.1) is 10.2 Å². The summed E-state index contributed by atoms with van der Waals surface area (Å²) in [6.07, 6.45) is -8.35. The van der Waals surface area contributed by atoms with E-state index in [9.17, 15) is 41.0 Å². The molecule has 2 N–H and O–H groups in total. The third-order valence-electron chi connectivity index (χ3n) is 7.65. The van der Waals surface area contributed by atoms with Crippen LogP contribution in [0.25, 0.3) is 11.6 Å². The molecule has 0 spiro atoms. The molecule has 2 amide bonds. The minimum atomic E-state index is -5.14.